The number of aromatic nitrogens is 3. The van der Waals surface area contributed by atoms with Gasteiger partial charge in [-0.1, -0.05) is 23.7 Å². The van der Waals surface area contributed by atoms with E-state index in [4.69, 9.17) is 11.6 Å². The molecule has 1 saturated heterocycles. The quantitative estimate of drug-likeness (QED) is 0.910. The molecule has 7 heteroatoms. The number of hydrogen-bond donors (Lipinski definition) is 1. The minimum Gasteiger partial charge on any atom is -0.342 e. The van der Waals surface area contributed by atoms with Crippen LogP contribution < -0.4 is 5.32 Å². The summed E-state index contributed by atoms with van der Waals surface area (Å²) in [6, 6.07) is 7.53. The van der Waals surface area contributed by atoms with Crippen LogP contribution in [0.15, 0.2) is 24.3 Å². The molecule has 0 aliphatic carbocycles. The minimum absolute atomic E-state index is 0.174. The Hall–Kier alpha value is -1.92. The molecule has 2 aromatic rings. The molecule has 0 atom stereocenters. The lowest BCUT2D eigenvalue weighted by molar-refractivity contribution is -0.131. The number of halogens is 1. The summed E-state index contributed by atoms with van der Waals surface area (Å²) in [6.07, 6.45) is 2.32. The molecule has 0 saturated carbocycles. The SMILES string of the molecule is O=C(Cc1cccc(Cl)c1)N1CCC(c2nnc3n2CCNC3)CC1. The van der Waals surface area contributed by atoms with E-state index in [0.717, 1.165) is 62.8 Å². The average Bonchev–Trinajstić information content (AvgIpc) is 3.06. The topological polar surface area (TPSA) is 63.1 Å². The molecule has 1 aromatic heterocycles. The van der Waals surface area contributed by atoms with Crippen LogP contribution in [0.3, 0.4) is 0 Å². The van der Waals surface area contributed by atoms with Crippen molar-refractivity contribution < 1.29 is 4.79 Å². The molecule has 1 aromatic carbocycles. The Labute approximate surface area is 152 Å². The number of likely N-dealkylation sites (tertiary alicyclic amines) is 1. The van der Waals surface area contributed by atoms with Gasteiger partial charge in [0.1, 0.15) is 11.6 Å². The molecule has 4 rings (SSSR count). The van der Waals surface area contributed by atoms with Gasteiger partial charge in [-0.2, -0.15) is 0 Å². The summed E-state index contributed by atoms with van der Waals surface area (Å²) < 4.78 is 2.25. The Bertz CT molecular complexity index is 767. The van der Waals surface area contributed by atoms with E-state index in [0.29, 0.717) is 17.4 Å². The van der Waals surface area contributed by atoms with Crippen molar-refractivity contribution in [1.29, 1.82) is 0 Å². The van der Waals surface area contributed by atoms with Crippen LogP contribution in [-0.2, 0) is 24.3 Å². The highest BCUT2D eigenvalue weighted by Crippen LogP contribution is 2.28. The van der Waals surface area contributed by atoms with Gasteiger partial charge in [0, 0.05) is 37.1 Å². The average molecular weight is 360 g/mol. The number of carbonyl (C=O) groups excluding carboxylic acids is 1. The fraction of sp³-hybridized carbons (Fsp3) is 0.500. The summed E-state index contributed by atoms with van der Waals surface area (Å²) >= 11 is 6.00. The molecule has 3 heterocycles. The van der Waals surface area contributed by atoms with Gasteiger partial charge in [0.2, 0.25) is 5.91 Å². The monoisotopic (exact) mass is 359 g/mol. The fourth-order valence-electron chi connectivity index (χ4n) is 3.74. The number of nitrogens with one attached hydrogen (secondary N) is 1. The number of nitrogens with zero attached hydrogens (tertiary/aromatic N) is 4. The standard InChI is InChI=1S/C18H22ClN5O/c19-15-3-1-2-13(10-15)11-17(25)23-7-4-14(5-8-23)18-22-21-16-12-20-6-9-24(16)18/h1-3,10,14,20H,4-9,11-12H2. The number of carbonyl (C=O) groups is 1. The molecule has 0 bridgehead atoms. The van der Waals surface area contributed by atoms with Crippen LogP contribution in [0.25, 0.3) is 0 Å². The van der Waals surface area contributed by atoms with E-state index in [9.17, 15) is 4.79 Å². The first-order valence-corrected chi connectivity index (χ1v) is 9.23. The molecule has 25 heavy (non-hydrogen) atoms. The van der Waals surface area contributed by atoms with E-state index in [-0.39, 0.29) is 5.91 Å². The van der Waals surface area contributed by atoms with Gasteiger partial charge in [0.05, 0.1) is 13.0 Å². The summed E-state index contributed by atoms with van der Waals surface area (Å²) in [7, 11) is 0. The Balaban J connectivity index is 1.36. The zero-order valence-electron chi connectivity index (χ0n) is 14.1. The highest BCUT2D eigenvalue weighted by molar-refractivity contribution is 6.30. The van der Waals surface area contributed by atoms with Crippen molar-refractivity contribution >= 4 is 17.5 Å². The Morgan fingerprint density at radius 3 is 2.88 bits per heavy atom. The van der Waals surface area contributed by atoms with Crippen molar-refractivity contribution in [2.24, 2.45) is 0 Å². The number of hydrogen-bond acceptors (Lipinski definition) is 4. The van der Waals surface area contributed by atoms with E-state index < -0.39 is 0 Å². The molecule has 0 spiro atoms. The molecule has 2 aliphatic heterocycles. The van der Waals surface area contributed by atoms with Gasteiger partial charge in [0.15, 0.2) is 0 Å². The van der Waals surface area contributed by atoms with Crippen molar-refractivity contribution in [2.45, 2.75) is 38.3 Å². The van der Waals surface area contributed by atoms with Crippen molar-refractivity contribution in [3.63, 3.8) is 0 Å². The van der Waals surface area contributed by atoms with Crippen molar-refractivity contribution in [3.05, 3.63) is 46.5 Å². The molecule has 132 valence electrons. The van der Waals surface area contributed by atoms with Crippen LogP contribution in [0.2, 0.25) is 5.02 Å². The van der Waals surface area contributed by atoms with Gasteiger partial charge in [-0.05, 0) is 30.5 Å². The van der Waals surface area contributed by atoms with Gasteiger partial charge in [0.25, 0.3) is 0 Å². The van der Waals surface area contributed by atoms with E-state index >= 15 is 0 Å². The Kier molecular flexibility index (Phi) is 4.72. The van der Waals surface area contributed by atoms with E-state index in [1.165, 1.54) is 0 Å². The third-order valence-electron chi connectivity index (χ3n) is 5.11. The van der Waals surface area contributed by atoms with Gasteiger partial charge < -0.3 is 14.8 Å². The normalized spacial score (nSPS) is 18.2. The van der Waals surface area contributed by atoms with Gasteiger partial charge >= 0.3 is 0 Å². The zero-order valence-corrected chi connectivity index (χ0v) is 14.9. The molecular weight excluding hydrogens is 338 g/mol. The first kappa shape index (κ1) is 16.5. The largest absolute Gasteiger partial charge is 0.342 e. The first-order valence-electron chi connectivity index (χ1n) is 8.85. The highest BCUT2D eigenvalue weighted by atomic mass is 35.5. The van der Waals surface area contributed by atoms with E-state index in [2.05, 4.69) is 20.1 Å². The number of fused-ring (bicyclic) bond motifs is 1. The van der Waals surface area contributed by atoms with Gasteiger partial charge in [-0.25, -0.2) is 0 Å². The molecular formula is C18H22ClN5O. The van der Waals surface area contributed by atoms with Crippen molar-refractivity contribution in [2.75, 3.05) is 19.6 Å². The lowest BCUT2D eigenvalue weighted by Gasteiger charge is -2.32. The Morgan fingerprint density at radius 2 is 2.08 bits per heavy atom. The van der Waals surface area contributed by atoms with Crippen LogP contribution in [0.4, 0.5) is 0 Å². The lowest BCUT2D eigenvalue weighted by atomic mass is 9.95. The van der Waals surface area contributed by atoms with Crippen LogP contribution in [0, 0.1) is 0 Å². The third kappa shape index (κ3) is 3.55. The molecule has 0 unspecified atom stereocenters. The second-order valence-electron chi connectivity index (χ2n) is 6.76. The highest BCUT2D eigenvalue weighted by Gasteiger charge is 2.28. The number of rotatable bonds is 3. The maximum absolute atomic E-state index is 12.5. The van der Waals surface area contributed by atoms with Crippen molar-refractivity contribution in [3.8, 4) is 0 Å². The van der Waals surface area contributed by atoms with E-state index in [1.807, 2.05) is 29.2 Å². The maximum atomic E-state index is 12.5. The maximum Gasteiger partial charge on any atom is 0.226 e. The van der Waals surface area contributed by atoms with Crippen LogP contribution in [0.5, 0.6) is 0 Å². The first-order chi connectivity index (χ1) is 12.2. The molecule has 6 nitrogen and oxygen atoms in total. The van der Waals surface area contributed by atoms with Crippen molar-refractivity contribution in [1.82, 2.24) is 25.0 Å². The van der Waals surface area contributed by atoms with Crippen LogP contribution in [0.1, 0.15) is 36.0 Å². The molecule has 2 aliphatic rings. The molecule has 1 amide bonds. The summed E-state index contributed by atoms with van der Waals surface area (Å²) in [5, 5.41) is 12.7. The number of piperidine rings is 1. The molecule has 0 radical (unpaired) electrons. The third-order valence-corrected chi connectivity index (χ3v) is 5.34. The molecule has 1 N–H and O–H groups in total. The van der Waals surface area contributed by atoms with Crippen LogP contribution >= 0.6 is 11.6 Å². The van der Waals surface area contributed by atoms with Crippen LogP contribution in [-0.4, -0.2) is 45.2 Å². The lowest BCUT2D eigenvalue weighted by Crippen LogP contribution is -2.39. The second-order valence-corrected chi connectivity index (χ2v) is 7.20. The van der Waals surface area contributed by atoms with E-state index in [1.54, 1.807) is 0 Å². The zero-order chi connectivity index (χ0) is 17.2. The summed E-state index contributed by atoms with van der Waals surface area (Å²) in [6.45, 7) is 4.26. The molecule has 1 fully saturated rings. The number of benzene rings is 1. The van der Waals surface area contributed by atoms with Gasteiger partial charge in [-0.3, -0.25) is 4.79 Å². The van der Waals surface area contributed by atoms with Gasteiger partial charge in [-0.15, -0.1) is 10.2 Å². The summed E-state index contributed by atoms with van der Waals surface area (Å²) in [5.74, 6) is 2.70. The summed E-state index contributed by atoms with van der Waals surface area (Å²) in [4.78, 5) is 14.5. The minimum atomic E-state index is 0.174. The predicted octanol–water partition coefficient (Wildman–Crippen LogP) is 1.98. The number of amides is 1. The second kappa shape index (κ2) is 7.14. The predicted molar refractivity (Wildman–Crippen MR) is 95.4 cm³/mol. The summed E-state index contributed by atoms with van der Waals surface area (Å²) in [5.41, 5.74) is 0.971. The fourth-order valence-corrected chi connectivity index (χ4v) is 3.95. The smallest absolute Gasteiger partial charge is 0.226 e. The Morgan fingerprint density at radius 1 is 1.24 bits per heavy atom.